The van der Waals surface area contributed by atoms with Crippen LogP contribution in [0, 0.1) is 0 Å². The van der Waals surface area contributed by atoms with Crippen molar-refractivity contribution in [3.63, 3.8) is 0 Å². The SMILES string of the molecule is CCN1CCN(C(=O)c2cccc(S(=O)(=O)N(CC)CC)c2)c2ccccc21. The molecule has 0 fully saturated rings. The predicted molar refractivity (Wildman–Crippen MR) is 113 cm³/mol. The fraction of sp³-hybridized carbons (Fsp3) is 0.381. The summed E-state index contributed by atoms with van der Waals surface area (Å²) < 4.78 is 27.0. The number of carbonyl (C=O) groups is 1. The molecule has 2 aromatic carbocycles. The molecule has 0 atom stereocenters. The van der Waals surface area contributed by atoms with E-state index in [4.69, 9.17) is 0 Å². The summed E-state index contributed by atoms with van der Waals surface area (Å²) in [6, 6.07) is 14.2. The first-order valence-electron chi connectivity index (χ1n) is 9.70. The summed E-state index contributed by atoms with van der Waals surface area (Å²) in [7, 11) is -3.61. The van der Waals surface area contributed by atoms with E-state index in [0.29, 0.717) is 25.2 Å². The number of para-hydroxylation sites is 2. The molecule has 0 bridgehead atoms. The maximum Gasteiger partial charge on any atom is 0.258 e. The molecule has 7 heteroatoms. The first-order chi connectivity index (χ1) is 13.4. The van der Waals surface area contributed by atoms with E-state index in [1.54, 1.807) is 36.9 Å². The molecular weight excluding hydrogens is 374 g/mol. The summed E-state index contributed by atoms with van der Waals surface area (Å²) in [6.45, 7) is 8.67. The molecule has 0 spiro atoms. The number of fused-ring (bicyclic) bond motifs is 1. The highest BCUT2D eigenvalue weighted by Crippen LogP contribution is 2.33. The Balaban J connectivity index is 1.96. The minimum absolute atomic E-state index is 0.155. The van der Waals surface area contributed by atoms with E-state index < -0.39 is 10.0 Å². The standard InChI is InChI=1S/C21H27N3O3S/c1-4-22-14-15-24(20-13-8-7-12-19(20)22)21(25)17-10-9-11-18(16-17)28(26,27)23(5-2)6-3/h7-13,16H,4-6,14-15H2,1-3H3. The molecule has 1 aliphatic heterocycles. The van der Waals surface area contributed by atoms with Gasteiger partial charge >= 0.3 is 0 Å². The number of sulfonamides is 1. The number of hydrogen-bond acceptors (Lipinski definition) is 4. The number of amides is 1. The van der Waals surface area contributed by atoms with Crippen molar-refractivity contribution in [1.29, 1.82) is 0 Å². The van der Waals surface area contributed by atoms with Gasteiger partial charge in [-0.1, -0.05) is 32.0 Å². The van der Waals surface area contributed by atoms with Crippen molar-refractivity contribution in [1.82, 2.24) is 4.31 Å². The normalized spacial score (nSPS) is 14.3. The summed E-state index contributed by atoms with van der Waals surface area (Å²) in [4.78, 5) is 17.4. The van der Waals surface area contributed by atoms with Gasteiger partial charge in [-0.25, -0.2) is 8.42 Å². The molecule has 0 N–H and O–H groups in total. The lowest BCUT2D eigenvalue weighted by molar-refractivity contribution is 0.0986. The van der Waals surface area contributed by atoms with Crippen molar-refractivity contribution in [2.45, 2.75) is 25.7 Å². The monoisotopic (exact) mass is 401 g/mol. The highest BCUT2D eigenvalue weighted by atomic mass is 32.2. The van der Waals surface area contributed by atoms with Gasteiger partial charge in [0.15, 0.2) is 0 Å². The van der Waals surface area contributed by atoms with Gasteiger partial charge in [0, 0.05) is 38.3 Å². The van der Waals surface area contributed by atoms with Crippen LogP contribution in [-0.4, -0.2) is 51.4 Å². The molecule has 0 saturated carbocycles. The van der Waals surface area contributed by atoms with E-state index in [1.807, 2.05) is 24.3 Å². The molecule has 0 aromatic heterocycles. The van der Waals surface area contributed by atoms with Gasteiger partial charge in [0.1, 0.15) is 0 Å². The van der Waals surface area contributed by atoms with Gasteiger partial charge in [-0.15, -0.1) is 0 Å². The smallest absolute Gasteiger partial charge is 0.258 e. The molecule has 28 heavy (non-hydrogen) atoms. The Kier molecular flexibility index (Phi) is 6.05. The van der Waals surface area contributed by atoms with Crippen LogP contribution in [-0.2, 0) is 10.0 Å². The van der Waals surface area contributed by atoms with Gasteiger partial charge in [-0.3, -0.25) is 4.79 Å². The van der Waals surface area contributed by atoms with Crippen molar-refractivity contribution < 1.29 is 13.2 Å². The second-order valence-corrected chi connectivity index (χ2v) is 8.58. The van der Waals surface area contributed by atoms with Crippen LogP contribution in [0.2, 0.25) is 0 Å². The number of nitrogens with zero attached hydrogens (tertiary/aromatic N) is 3. The van der Waals surface area contributed by atoms with Crippen molar-refractivity contribution in [3.8, 4) is 0 Å². The maximum absolute atomic E-state index is 13.2. The van der Waals surface area contributed by atoms with Crippen LogP contribution in [0.1, 0.15) is 31.1 Å². The van der Waals surface area contributed by atoms with Crippen molar-refractivity contribution in [2.24, 2.45) is 0 Å². The zero-order chi connectivity index (χ0) is 20.3. The van der Waals surface area contributed by atoms with Crippen molar-refractivity contribution >= 4 is 27.3 Å². The number of likely N-dealkylation sites (N-methyl/N-ethyl adjacent to an activating group) is 1. The molecule has 2 aromatic rings. The van der Waals surface area contributed by atoms with Crippen LogP contribution in [0.3, 0.4) is 0 Å². The molecular formula is C21H27N3O3S. The highest BCUT2D eigenvalue weighted by molar-refractivity contribution is 7.89. The molecule has 1 amide bonds. The Morgan fingerprint density at radius 1 is 0.964 bits per heavy atom. The van der Waals surface area contributed by atoms with Crippen LogP contribution in [0.5, 0.6) is 0 Å². The molecule has 0 aliphatic carbocycles. The van der Waals surface area contributed by atoms with Crippen LogP contribution >= 0.6 is 0 Å². The third-order valence-electron chi connectivity index (χ3n) is 5.16. The zero-order valence-corrected chi connectivity index (χ0v) is 17.4. The molecule has 0 saturated heterocycles. The second kappa shape index (κ2) is 8.32. The Morgan fingerprint density at radius 3 is 2.29 bits per heavy atom. The van der Waals surface area contributed by atoms with Crippen molar-refractivity contribution in [3.05, 3.63) is 54.1 Å². The van der Waals surface area contributed by atoms with Gasteiger partial charge in [0.2, 0.25) is 10.0 Å². The molecule has 1 heterocycles. The third kappa shape index (κ3) is 3.64. The Hall–Kier alpha value is -2.38. The fourth-order valence-corrected chi connectivity index (χ4v) is 5.12. The van der Waals surface area contributed by atoms with Crippen LogP contribution < -0.4 is 9.80 Å². The molecule has 6 nitrogen and oxygen atoms in total. The average Bonchev–Trinajstić information content (AvgIpc) is 2.73. The number of hydrogen-bond donors (Lipinski definition) is 0. The number of benzene rings is 2. The van der Waals surface area contributed by atoms with Crippen LogP contribution in [0.4, 0.5) is 11.4 Å². The van der Waals surface area contributed by atoms with Gasteiger partial charge in [-0.05, 0) is 37.3 Å². The lowest BCUT2D eigenvalue weighted by Crippen LogP contribution is -2.44. The summed E-state index contributed by atoms with van der Waals surface area (Å²) >= 11 is 0. The van der Waals surface area contributed by atoms with Crippen LogP contribution in [0.25, 0.3) is 0 Å². The third-order valence-corrected chi connectivity index (χ3v) is 7.20. The predicted octanol–water partition coefficient (Wildman–Crippen LogP) is 3.20. The minimum Gasteiger partial charge on any atom is -0.368 e. The minimum atomic E-state index is -3.61. The first-order valence-corrected chi connectivity index (χ1v) is 11.1. The first kappa shape index (κ1) is 20.4. The second-order valence-electron chi connectivity index (χ2n) is 6.64. The van der Waals surface area contributed by atoms with Crippen molar-refractivity contribution in [2.75, 3.05) is 42.5 Å². The van der Waals surface area contributed by atoms with Gasteiger partial charge in [0.05, 0.1) is 16.3 Å². The van der Waals surface area contributed by atoms with E-state index >= 15 is 0 Å². The summed E-state index contributed by atoms with van der Waals surface area (Å²) in [5.74, 6) is -0.181. The number of anilines is 2. The topological polar surface area (TPSA) is 60.9 Å². The highest BCUT2D eigenvalue weighted by Gasteiger charge is 2.28. The molecule has 150 valence electrons. The summed E-state index contributed by atoms with van der Waals surface area (Å²) in [6.07, 6.45) is 0. The lowest BCUT2D eigenvalue weighted by Gasteiger charge is -2.37. The van der Waals surface area contributed by atoms with Crippen LogP contribution in [0.15, 0.2) is 53.4 Å². The summed E-state index contributed by atoms with van der Waals surface area (Å²) in [5, 5.41) is 0. The van der Waals surface area contributed by atoms with E-state index in [1.165, 1.54) is 10.4 Å². The molecule has 0 radical (unpaired) electrons. The Labute approximate surface area is 167 Å². The van der Waals surface area contributed by atoms with Gasteiger partial charge in [0.25, 0.3) is 5.91 Å². The Bertz CT molecular complexity index is 955. The zero-order valence-electron chi connectivity index (χ0n) is 16.6. The summed E-state index contributed by atoms with van der Waals surface area (Å²) in [5.41, 5.74) is 2.27. The quantitative estimate of drug-likeness (QED) is 0.746. The maximum atomic E-state index is 13.2. The van der Waals surface area contributed by atoms with E-state index in [0.717, 1.165) is 24.5 Å². The fourth-order valence-electron chi connectivity index (χ4n) is 3.62. The molecule has 3 rings (SSSR count). The van der Waals surface area contributed by atoms with Gasteiger partial charge < -0.3 is 9.80 Å². The Morgan fingerprint density at radius 2 is 1.64 bits per heavy atom. The van der Waals surface area contributed by atoms with E-state index in [9.17, 15) is 13.2 Å². The number of carbonyl (C=O) groups excluding carboxylic acids is 1. The lowest BCUT2D eigenvalue weighted by atomic mass is 10.1. The van der Waals surface area contributed by atoms with E-state index in [-0.39, 0.29) is 10.8 Å². The van der Waals surface area contributed by atoms with E-state index in [2.05, 4.69) is 11.8 Å². The van der Waals surface area contributed by atoms with Gasteiger partial charge in [-0.2, -0.15) is 4.31 Å². The molecule has 1 aliphatic rings. The molecule has 0 unspecified atom stereocenters. The number of rotatable bonds is 6. The largest absolute Gasteiger partial charge is 0.368 e. The average molecular weight is 402 g/mol.